The fourth-order valence-corrected chi connectivity index (χ4v) is 3.15. The summed E-state index contributed by atoms with van der Waals surface area (Å²) in [6.45, 7) is 6.05. The molecule has 1 saturated carbocycles. The van der Waals surface area contributed by atoms with Gasteiger partial charge in [0, 0.05) is 7.11 Å². The maximum atomic E-state index is 14.1. The van der Waals surface area contributed by atoms with E-state index in [1.54, 1.807) is 0 Å². The number of esters is 1. The van der Waals surface area contributed by atoms with Crippen LogP contribution >= 0.6 is 0 Å². The Kier molecular flexibility index (Phi) is 5.80. The SMILES string of the molecule is COCc1c(F)c(F)c(COC(=O)[C@@H]2[C@@H](C=C(C)C)C2(C)C)c(F)c1F. The van der Waals surface area contributed by atoms with Crippen molar-refractivity contribution in [3.8, 4) is 0 Å². The average molecular weight is 374 g/mol. The van der Waals surface area contributed by atoms with Gasteiger partial charge in [0.25, 0.3) is 0 Å². The van der Waals surface area contributed by atoms with Gasteiger partial charge < -0.3 is 9.47 Å². The first-order valence-electron chi connectivity index (χ1n) is 8.18. The normalized spacial score (nSPS) is 20.7. The van der Waals surface area contributed by atoms with Gasteiger partial charge in [0.1, 0.15) is 6.61 Å². The molecule has 144 valence electrons. The van der Waals surface area contributed by atoms with E-state index >= 15 is 0 Å². The van der Waals surface area contributed by atoms with E-state index in [0.717, 1.165) is 12.7 Å². The molecule has 0 heterocycles. The molecule has 0 unspecified atom stereocenters. The first-order valence-corrected chi connectivity index (χ1v) is 8.18. The Bertz CT molecular complexity index is 723. The molecule has 0 saturated heterocycles. The summed E-state index contributed by atoms with van der Waals surface area (Å²) >= 11 is 0. The van der Waals surface area contributed by atoms with E-state index in [1.165, 1.54) is 0 Å². The highest BCUT2D eigenvalue weighted by atomic mass is 19.2. The number of hydrogen-bond donors (Lipinski definition) is 0. The standard InChI is InChI=1S/C19H22F4O3/c1-9(2)6-12-13(19(12,3)4)18(24)26-8-11-16(22)14(20)10(7-25-5)15(21)17(11)23/h6,12-13H,7-8H2,1-5H3/t12-,13+/m1/s1. The van der Waals surface area contributed by atoms with Crippen LogP contribution in [0.2, 0.25) is 0 Å². The van der Waals surface area contributed by atoms with Crippen molar-refractivity contribution in [2.45, 2.75) is 40.9 Å². The van der Waals surface area contributed by atoms with E-state index in [0.29, 0.717) is 0 Å². The number of methoxy groups -OCH3 is 1. The van der Waals surface area contributed by atoms with Gasteiger partial charge >= 0.3 is 5.97 Å². The van der Waals surface area contributed by atoms with Crippen molar-refractivity contribution in [3.05, 3.63) is 46.0 Å². The quantitative estimate of drug-likeness (QED) is 0.314. The summed E-state index contributed by atoms with van der Waals surface area (Å²) in [7, 11) is 1.14. The number of hydrogen-bond acceptors (Lipinski definition) is 3. The lowest BCUT2D eigenvalue weighted by Gasteiger charge is -2.12. The van der Waals surface area contributed by atoms with Crippen molar-refractivity contribution in [1.29, 1.82) is 0 Å². The second-order valence-corrected chi connectivity index (χ2v) is 7.32. The van der Waals surface area contributed by atoms with E-state index < -0.39 is 59.5 Å². The fraction of sp³-hybridized carbons (Fsp3) is 0.526. The molecule has 0 N–H and O–H groups in total. The van der Waals surface area contributed by atoms with Crippen LogP contribution in [-0.2, 0) is 27.5 Å². The van der Waals surface area contributed by atoms with Crippen LogP contribution in [0, 0.1) is 40.5 Å². The molecule has 2 atom stereocenters. The Labute approximate surface area is 150 Å². The van der Waals surface area contributed by atoms with Gasteiger partial charge in [0.05, 0.1) is 23.7 Å². The average Bonchev–Trinajstić information content (AvgIpc) is 3.09. The number of carbonyl (C=O) groups is 1. The van der Waals surface area contributed by atoms with Crippen LogP contribution in [-0.4, -0.2) is 13.1 Å². The molecule has 0 spiro atoms. The zero-order valence-corrected chi connectivity index (χ0v) is 15.4. The molecular formula is C19H22F4O3. The predicted molar refractivity (Wildman–Crippen MR) is 87.0 cm³/mol. The molecule has 0 aliphatic heterocycles. The molecule has 2 rings (SSSR count). The van der Waals surface area contributed by atoms with Gasteiger partial charge in [-0.15, -0.1) is 0 Å². The summed E-state index contributed by atoms with van der Waals surface area (Å²) in [6.07, 6.45) is 1.94. The van der Waals surface area contributed by atoms with Crippen LogP contribution in [0.15, 0.2) is 11.6 Å². The van der Waals surface area contributed by atoms with Crippen LogP contribution in [0.1, 0.15) is 38.8 Å². The third-order valence-corrected chi connectivity index (χ3v) is 4.77. The smallest absolute Gasteiger partial charge is 0.310 e. The highest BCUT2D eigenvalue weighted by Crippen LogP contribution is 2.59. The minimum atomic E-state index is -1.58. The Morgan fingerprint density at radius 1 is 1.00 bits per heavy atom. The zero-order valence-electron chi connectivity index (χ0n) is 15.4. The van der Waals surface area contributed by atoms with Gasteiger partial charge in [-0.1, -0.05) is 25.5 Å². The summed E-state index contributed by atoms with van der Waals surface area (Å²) in [4.78, 5) is 12.2. The third kappa shape index (κ3) is 3.63. The lowest BCUT2D eigenvalue weighted by Crippen LogP contribution is -2.15. The highest BCUT2D eigenvalue weighted by molar-refractivity contribution is 5.78. The zero-order chi connectivity index (χ0) is 19.8. The minimum absolute atomic E-state index is 0.0488. The minimum Gasteiger partial charge on any atom is -0.460 e. The van der Waals surface area contributed by atoms with Crippen molar-refractivity contribution in [2.24, 2.45) is 17.3 Å². The van der Waals surface area contributed by atoms with Crippen LogP contribution in [0.25, 0.3) is 0 Å². The molecular weight excluding hydrogens is 352 g/mol. The molecule has 1 aliphatic rings. The number of benzene rings is 1. The van der Waals surface area contributed by atoms with E-state index in [9.17, 15) is 22.4 Å². The van der Waals surface area contributed by atoms with E-state index in [-0.39, 0.29) is 11.3 Å². The lowest BCUT2D eigenvalue weighted by molar-refractivity contribution is -0.147. The molecule has 26 heavy (non-hydrogen) atoms. The largest absolute Gasteiger partial charge is 0.460 e. The molecule has 3 nitrogen and oxygen atoms in total. The third-order valence-electron chi connectivity index (χ3n) is 4.77. The van der Waals surface area contributed by atoms with E-state index in [4.69, 9.17) is 4.74 Å². The molecule has 0 bridgehead atoms. The summed E-state index contributed by atoms with van der Waals surface area (Å²) in [5, 5.41) is 0. The van der Waals surface area contributed by atoms with Crippen LogP contribution in [0.3, 0.4) is 0 Å². The highest BCUT2D eigenvalue weighted by Gasteiger charge is 2.61. The predicted octanol–water partition coefficient (Wildman–Crippen LogP) is 4.67. The van der Waals surface area contributed by atoms with Gasteiger partial charge in [-0.3, -0.25) is 4.79 Å². The van der Waals surface area contributed by atoms with Gasteiger partial charge in [-0.25, -0.2) is 17.6 Å². The van der Waals surface area contributed by atoms with Crippen molar-refractivity contribution >= 4 is 5.97 Å². The first-order chi connectivity index (χ1) is 12.0. The molecule has 0 radical (unpaired) electrons. The van der Waals surface area contributed by atoms with Crippen molar-refractivity contribution in [2.75, 3.05) is 7.11 Å². The molecule has 7 heteroatoms. The van der Waals surface area contributed by atoms with E-state index in [2.05, 4.69) is 4.74 Å². The van der Waals surface area contributed by atoms with Crippen molar-refractivity contribution in [1.82, 2.24) is 0 Å². The van der Waals surface area contributed by atoms with E-state index in [1.807, 2.05) is 33.8 Å². The van der Waals surface area contributed by atoms with Crippen molar-refractivity contribution in [3.63, 3.8) is 0 Å². The molecule has 1 aromatic rings. The summed E-state index contributed by atoms with van der Waals surface area (Å²) < 4.78 is 65.4. The van der Waals surface area contributed by atoms with Gasteiger partial charge in [0.2, 0.25) is 0 Å². The maximum Gasteiger partial charge on any atom is 0.310 e. The molecule has 0 amide bonds. The van der Waals surface area contributed by atoms with Gasteiger partial charge in [0.15, 0.2) is 23.3 Å². The Balaban J connectivity index is 2.18. The first kappa shape index (κ1) is 20.4. The fourth-order valence-electron chi connectivity index (χ4n) is 3.15. The Hall–Kier alpha value is -1.89. The second kappa shape index (κ2) is 7.39. The second-order valence-electron chi connectivity index (χ2n) is 7.32. The maximum absolute atomic E-state index is 14.1. The van der Waals surface area contributed by atoms with Crippen LogP contribution < -0.4 is 0 Å². The molecule has 1 fully saturated rings. The van der Waals surface area contributed by atoms with Gasteiger partial charge in [-0.05, 0) is 25.2 Å². The number of allylic oxidation sites excluding steroid dienone is 2. The summed E-state index contributed by atoms with van der Waals surface area (Å²) in [6, 6.07) is 0. The number of carbonyl (C=O) groups excluding carboxylic acids is 1. The Morgan fingerprint density at radius 3 is 1.88 bits per heavy atom. The molecule has 1 aliphatic carbocycles. The van der Waals surface area contributed by atoms with Crippen LogP contribution in [0.4, 0.5) is 17.6 Å². The molecule has 1 aromatic carbocycles. The summed E-state index contributed by atoms with van der Waals surface area (Å²) in [5.74, 6) is -7.44. The monoisotopic (exact) mass is 374 g/mol. The summed E-state index contributed by atoms with van der Waals surface area (Å²) in [5.41, 5.74) is -1.10. The van der Waals surface area contributed by atoms with Crippen LogP contribution in [0.5, 0.6) is 0 Å². The number of rotatable bonds is 6. The van der Waals surface area contributed by atoms with Crippen molar-refractivity contribution < 1.29 is 31.8 Å². The number of halogens is 4. The topological polar surface area (TPSA) is 35.5 Å². The Morgan fingerprint density at radius 2 is 1.46 bits per heavy atom. The van der Waals surface area contributed by atoms with Gasteiger partial charge in [-0.2, -0.15) is 0 Å². The number of ether oxygens (including phenoxy) is 2. The molecule has 0 aromatic heterocycles. The lowest BCUT2D eigenvalue weighted by atomic mass is 10.1.